The fourth-order valence-electron chi connectivity index (χ4n) is 3.19. The number of aromatic nitrogens is 1. The van der Waals surface area contributed by atoms with E-state index in [1.54, 1.807) is 6.20 Å². The number of amides is 2. The first-order valence-corrected chi connectivity index (χ1v) is 9.31. The van der Waals surface area contributed by atoms with Gasteiger partial charge in [0.25, 0.3) is 0 Å². The van der Waals surface area contributed by atoms with Gasteiger partial charge in [0.1, 0.15) is 0 Å². The summed E-state index contributed by atoms with van der Waals surface area (Å²) in [7, 11) is 0. The molecule has 0 saturated carbocycles. The summed E-state index contributed by atoms with van der Waals surface area (Å²) in [5.41, 5.74) is -0.629. The number of thiazole rings is 1. The highest BCUT2D eigenvalue weighted by Gasteiger charge is 2.33. The molecule has 1 atom stereocenters. The number of nitrogens with zero attached hydrogens (tertiary/aromatic N) is 2. The molecule has 5 nitrogen and oxygen atoms in total. The van der Waals surface area contributed by atoms with Crippen LogP contribution in [0.2, 0.25) is 0 Å². The number of hydrogen-bond donors (Lipinski definition) is 1. The highest BCUT2D eigenvalue weighted by atomic mass is 32.1. The van der Waals surface area contributed by atoms with E-state index in [0.29, 0.717) is 13.1 Å². The Morgan fingerprint density at radius 2 is 2.11 bits per heavy atom. The van der Waals surface area contributed by atoms with Gasteiger partial charge in [0.2, 0.25) is 0 Å². The van der Waals surface area contributed by atoms with Crippen molar-refractivity contribution in [3.63, 3.8) is 0 Å². The van der Waals surface area contributed by atoms with Crippen LogP contribution in [0.3, 0.4) is 0 Å². The molecule has 0 spiro atoms. The van der Waals surface area contributed by atoms with Crippen molar-refractivity contribution in [2.75, 3.05) is 18.4 Å². The number of alkyl halides is 3. The lowest BCUT2D eigenvalue weighted by molar-refractivity contribution is -0.144. The zero-order chi connectivity index (χ0) is 19.6. The molecule has 3 rings (SSSR count). The van der Waals surface area contributed by atoms with Crippen molar-refractivity contribution in [3.8, 4) is 0 Å². The molecule has 1 aliphatic heterocycles. The van der Waals surface area contributed by atoms with Gasteiger partial charge in [0.15, 0.2) is 0 Å². The second-order valence-electron chi connectivity index (χ2n) is 6.44. The van der Waals surface area contributed by atoms with E-state index in [-0.39, 0.29) is 17.2 Å². The largest absolute Gasteiger partial charge is 0.416 e. The molecule has 1 fully saturated rings. The fourth-order valence-corrected chi connectivity index (χ4v) is 3.95. The minimum Gasteiger partial charge on any atom is -0.334 e. The van der Waals surface area contributed by atoms with Crippen LogP contribution in [0.25, 0.3) is 0 Å². The topological polar surface area (TPSA) is 62.3 Å². The van der Waals surface area contributed by atoms with Gasteiger partial charge < -0.3 is 10.2 Å². The van der Waals surface area contributed by atoms with Crippen LogP contribution >= 0.6 is 11.3 Å². The SMILES string of the molecule is Cc1cc(NC(=O)C(=O)N2CCCC(c3nccs3)C2)ccc1C(F)(F)F. The number of anilines is 1. The minimum absolute atomic E-state index is 0.0189. The first-order valence-electron chi connectivity index (χ1n) is 8.43. The lowest BCUT2D eigenvalue weighted by Gasteiger charge is -2.31. The Kier molecular flexibility index (Phi) is 5.50. The average molecular weight is 397 g/mol. The number of hydrogen-bond acceptors (Lipinski definition) is 4. The summed E-state index contributed by atoms with van der Waals surface area (Å²) in [5, 5.41) is 5.20. The lowest BCUT2D eigenvalue weighted by Crippen LogP contribution is -2.44. The third kappa shape index (κ3) is 4.47. The predicted molar refractivity (Wildman–Crippen MR) is 95.5 cm³/mol. The van der Waals surface area contributed by atoms with E-state index in [0.717, 1.165) is 30.0 Å². The van der Waals surface area contributed by atoms with Crippen LogP contribution in [-0.4, -0.2) is 34.8 Å². The van der Waals surface area contributed by atoms with Crippen LogP contribution in [0.5, 0.6) is 0 Å². The highest BCUT2D eigenvalue weighted by Crippen LogP contribution is 2.33. The van der Waals surface area contributed by atoms with E-state index in [2.05, 4.69) is 10.3 Å². The smallest absolute Gasteiger partial charge is 0.334 e. The Morgan fingerprint density at radius 3 is 2.74 bits per heavy atom. The predicted octanol–water partition coefficient (Wildman–Crippen LogP) is 3.82. The van der Waals surface area contributed by atoms with Crippen LogP contribution in [0, 0.1) is 6.92 Å². The van der Waals surface area contributed by atoms with E-state index in [1.165, 1.54) is 29.2 Å². The first-order chi connectivity index (χ1) is 12.8. The van der Waals surface area contributed by atoms with Crippen LogP contribution in [-0.2, 0) is 15.8 Å². The van der Waals surface area contributed by atoms with E-state index in [4.69, 9.17) is 0 Å². The van der Waals surface area contributed by atoms with Crippen molar-refractivity contribution in [3.05, 3.63) is 45.9 Å². The summed E-state index contributed by atoms with van der Waals surface area (Å²) in [6.07, 6.45) is -1.08. The maximum Gasteiger partial charge on any atom is 0.416 e. The number of rotatable bonds is 2. The summed E-state index contributed by atoms with van der Waals surface area (Å²) >= 11 is 1.52. The maximum absolute atomic E-state index is 12.8. The van der Waals surface area contributed by atoms with Gasteiger partial charge in [-0.3, -0.25) is 9.59 Å². The van der Waals surface area contributed by atoms with E-state index >= 15 is 0 Å². The summed E-state index contributed by atoms with van der Waals surface area (Å²) in [5.74, 6) is -1.44. The summed E-state index contributed by atoms with van der Waals surface area (Å²) in [4.78, 5) is 30.5. The number of carbonyl (C=O) groups is 2. The quantitative estimate of drug-likeness (QED) is 0.784. The molecule has 1 aromatic carbocycles. The van der Waals surface area contributed by atoms with Gasteiger partial charge in [0, 0.05) is 36.3 Å². The van der Waals surface area contributed by atoms with Crippen molar-refractivity contribution < 1.29 is 22.8 Å². The molecule has 1 saturated heterocycles. The van der Waals surface area contributed by atoms with Crippen molar-refractivity contribution in [1.29, 1.82) is 0 Å². The van der Waals surface area contributed by atoms with Gasteiger partial charge >= 0.3 is 18.0 Å². The zero-order valence-corrected chi connectivity index (χ0v) is 15.4. The number of nitrogens with one attached hydrogen (secondary N) is 1. The number of aryl methyl sites for hydroxylation is 1. The lowest BCUT2D eigenvalue weighted by atomic mass is 9.98. The molecule has 1 aromatic heterocycles. The second-order valence-corrected chi connectivity index (χ2v) is 7.37. The molecule has 1 aliphatic rings. The van der Waals surface area contributed by atoms with Crippen LogP contribution in [0.4, 0.5) is 18.9 Å². The van der Waals surface area contributed by atoms with Gasteiger partial charge in [-0.1, -0.05) is 0 Å². The second kappa shape index (κ2) is 7.67. The van der Waals surface area contributed by atoms with Crippen LogP contribution in [0.15, 0.2) is 29.8 Å². The summed E-state index contributed by atoms with van der Waals surface area (Å²) in [6, 6.07) is 3.26. The van der Waals surface area contributed by atoms with Crippen molar-refractivity contribution in [2.45, 2.75) is 31.9 Å². The molecule has 0 radical (unpaired) electrons. The molecule has 1 unspecified atom stereocenters. The van der Waals surface area contributed by atoms with Crippen LogP contribution < -0.4 is 5.32 Å². The average Bonchev–Trinajstić information content (AvgIpc) is 3.15. The molecule has 2 amide bonds. The van der Waals surface area contributed by atoms with Gasteiger partial charge in [-0.15, -0.1) is 11.3 Å². The monoisotopic (exact) mass is 397 g/mol. The number of halogens is 3. The van der Waals surface area contributed by atoms with E-state index < -0.39 is 23.6 Å². The van der Waals surface area contributed by atoms with Gasteiger partial charge in [-0.25, -0.2) is 4.98 Å². The molecule has 0 aliphatic carbocycles. The first kappa shape index (κ1) is 19.3. The van der Waals surface area contributed by atoms with Gasteiger partial charge in [0.05, 0.1) is 10.6 Å². The third-order valence-electron chi connectivity index (χ3n) is 4.49. The molecule has 2 aromatic rings. The molecule has 27 heavy (non-hydrogen) atoms. The molecule has 1 N–H and O–H groups in total. The number of piperidine rings is 1. The van der Waals surface area contributed by atoms with Crippen molar-refractivity contribution in [2.24, 2.45) is 0 Å². The normalized spacial score (nSPS) is 17.6. The number of likely N-dealkylation sites (tertiary alicyclic amines) is 1. The molecule has 144 valence electrons. The molecule has 2 heterocycles. The molecular weight excluding hydrogens is 379 g/mol. The van der Waals surface area contributed by atoms with Crippen LogP contribution in [0.1, 0.15) is 34.9 Å². The maximum atomic E-state index is 12.8. The standard InChI is InChI=1S/C18H18F3N3O2S/c1-11-9-13(4-5-14(11)18(19,20)21)23-15(25)17(26)24-7-2-3-12(10-24)16-22-6-8-27-16/h4-6,8-9,12H,2-3,7,10H2,1H3,(H,23,25). The highest BCUT2D eigenvalue weighted by molar-refractivity contribution is 7.09. The Morgan fingerprint density at radius 1 is 1.33 bits per heavy atom. The minimum atomic E-state index is -4.46. The fraction of sp³-hybridized carbons (Fsp3) is 0.389. The Balaban J connectivity index is 1.65. The Hall–Kier alpha value is -2.42. The van der Waals surface area contributed by atoms with Gasteiger partial charge in [-0.2, -0.15) is 13.2 Å². The summed E-state index contributed by atoms with van der Waals surface area (Å²) < 4.78 is 38.4. The van der Waals surface area contributed by atoms with Crippen molar-refractivity contribution in [1.82, 2.24) is 9.88 Å². The van der Waals surface area contributed by atoms with Gasteiger partial charge in [-0.05, 0) is 43.5 Å². The van der Waals surface area contributed by atoms with E-state index in [9.17, 15) is 22.8 Å². The Labute approximate surface area is 158 Å². The van der Waals surface area contributed by atoms with E-state index in [1.807, 2.05) is 5.38 Å². The Bertz CT molecular complexity index is 837. The summed E-state index contributed by atoms with van der Waals surface area (Å²) in [6.45, 7) is 2.19. The molecule has 0 bridgehead atoms. The number of benzene rings is 1. The zero-order valence-electron chi connectivity index (χ0n) is 14.5. The molecule has 9 heteroatoms. The molecular formula is C18H18F3N3O2S. The number of carbonyl (C=O) groups excluding carboxylic acids is 2. The third-order valence-corrected chi connectivity index (χ3v) is 5.43. The van der Waals surface area contributed by atoms with Crippen molar-refractivity contribution >= 4 is 28.8 Å².